The molecule has 6 heteroatoms. The van der Waals surface area contributed by atoms with Gasteiger partial charge < -0.3 is 11.1 Å². The van der Waals surface area contributed by atoms with Crippen molar-refractivity contribution in [3.8, 4) is 0 Å². The molecule has 76 valence electrons. The third kappa shape index (κ3) is 2.68. The highest BCUT2D eigenvalue weighted by Gasteiger charge is 2.12. The Kier molecular flexibility index (Phi) is 3.84. The summed E-state index contributed by atoms with van der Waals surface area (Å²) in [5, 5.41) is 13.5. The van der Waals surface area contributed by atoms with E-state index in [-0.39, 0.29) is 5.69 Å². The lowest BCUT2D eigenvalue weighted by Gasteiger charge is -2.05. The Morgan fingerprint density at radius 3 is 2.86 bits per heavy atom. The van der Waals surface area contributed by atoms with Crippen LogP contribution < -0.4 is 11.1 Å². The van der Waals surface area contributed by atoms with Crippen LogP contribution in [0.1, 0.15) is 0 Å². The number of halogens is 1. The van der Waals surface area contributed by atoms with Gasteiger partial charge in [-0.05, 0) is 12.1 Å². The van der Waals surface area contributed by atoms with Gasteiger partial charge in [-0.15, -0.1) is 0 Å². The fourth-order valence-electron chi connectivity index (χ4n) is 1.01. The van der Waals surface area contributed by atoms with Crippen molar-refractivity contribution in [2.24, 2.45) is 5.73 Å². The molecule has 1 aromatic carbocycles. The molecule has 0 unspecified atom stereocenters. The summed E-state index contributed by atoms with van der Waals surface area (Å²) in [4.78, 5) is 10.2. The SMILES string of the molecule is NCCNc1ccc(Br)cc1[N+](=O)[O-]. The van der Waals surface area contributed by atoms with Crippen LogP contribution in [0.5, 0.6) is 0 Å². The molecule has 0 saturated carbocycles. The number of nitrogens with two attached hydrogens (primary N) is 1. The summed E-state index contributed by atoms with van der Waals surface area (Å²) in [6.07, 6.45) is 0. The van der Waals surface area contributed by atoms with E-state index in [0.717, 1.165) is 0 Å². The summed E-state index contributed by atoms with van der Waals surface area (Å²) < 4.78 is 0.683. The van der Waals surface area contributed by atoms with E-state index in [9.17, 15) is 10.1 Å². The van der Waals surface area contributed by atoms with Gasteiger partial charge in [0.25, 0.3) is 5.69 Å². The molecule has 3 N–H and O–H groups in total. The number of rotatable bonds is 4. The Morgan fingerprint density at radius 1 is 1.57 bits per heavy atom. The molecule has 5 nitrogen and oxygen atoms in total. The van der Waals surface area contributed by atoms with Crippen LogP contribution >= 0.6 is 15.9 Å². The number of anilines is 1. The van der Waals surface area contributed by atoms with Crippen molar-refractivity contribution in [2.75, 3.05) is 18.4 Å². The van der Waals surface area contributed by atoms with Crippen LogP contribution in [0.15, 0.2) is 22.7 Å². The Hall–Kier alpha value is -1.14. The van der Waals surface area contributed by atoms with Gasteiger partial charge in [0.15, 0.2) is 0 Å². The largest absolute Gasteiger partial charge is 0.378 e. The summed E-state index contributed by atoms with van der Waals surface area (Å²) in [5.41, 5.74) is 5.83. The predicted molar refractivity (Wildman–Crippen MR) is 58.3 cm³/mol. The number of hydrogen-bond acceptors (Lipinski definition) is 4. The van der Waals surface area contributed by atoms with Crippen molar-refractivity contribution in [3.05, 3.63) is 32.8 Å². The monoisotopic (exact) mass is 259 g/mol. The normalized spacial score (nSPS) is 9.86. The van der Waals surface area contributed by atoms with Gasteiger partial charge in [-0.1, -0.05) is 15.9 Å². The minimum atomic E-state index is -0.427. The third-order valence-electron chi connectivity index (χ3n) is 1.62. The molecule has 14 heavy (non-hydrogen) atoms. The highest BCUT2D eigenvalue weighted by Crippen LogP contribution is 2.27. The summed E-state index contributed by atoms with van der Waals surface area (Å²) in [6.45, 7) is 0.954. The molecule has 0 heterocycles. The molecule has 0 spiro atoms. The van der Waals surface area contributed by atoms with Gasteiger partial charge in [-0.3, -0.25) is 10.1 Å². The number of nitrogens with one attached hydrogen (secondary N) is 1. The first-order chi connectivity index (χ1) is 6.65. The first kappa shape index (κ1) is 10.9. The zero-order chi connectivity index (χ0) is 10.6. The van der Waals surface area contributed by atoms with Crippen LogP contribution in [-0.2, 0) is 0 Å². The van der Waals surface area contributed by atoms with Gasteiger partial charge in [-0.25, -0.2) is 0 Å². The molecule has 0 radical (unpaired) electrons. The molecule has 0 fully saturated rings. The van der Waals surface area contributed by atoms with E-state index in [4.69, 9.17) is 5.73 Å². The maximum absolute atomic E-state index is 10.7. The number of nitro benzene ring substituents is 1. The van der Waals surface area contributed by atoms with Gasteiger partial charge in [0.2, 0.25) is 0 Å². The second-order valence-corrected chi connectivity index (χ2v) is 3.55. The first-order valence-electron chi connectivity index (χ1n) is 4.03. The predicted octanol–water partition coefficient (Wildman–Crippen LogP) is 1.73. The Balaban J connectivity index is 2.96. The van der Waals surface area contributed by atoms with E-state index >= 15 is 0 Å². The van der Waals surface area contributed by atoms with Crippen LogP contribution in [0, 0.1) is 10.1 Å². The van der Waals surface area contributed by atoms with E-state index in [0.29, 0.717) is 23.2 Å². The van der Waals surface area contributed by atoms with Crippen LogP contribution in [0.3, 0.4) is 0 Å². The van der Waals surface area contributed by atoms with E-state index < -0.39 is 4.92 Å². The van der Waals surface area contributed by atoms with Crippen LogP contribution in [0.4, 0.5) is 11.4 Å². The fraction of sp³-hybridized carbons (Fsp3) is 0.250. The fourth-order valence-corrected chi connectivity index (χ4v) is 1.36. The van der Waals surface area contributed by atoms with Gasteiger partial charge >= 0.3 is 0 Å². The summed E-state index contributed by atoms with van der Waals surface area (Å²) >= 11 is 3.18. The van der Waals surface area contributed by atoms with Gasteiger partial charge in [0, 0.05) is 23.6 Å². The molecule has 0 amide bonds. The lowest BCUT2D eigenvalue weighted by molar-refractivity contribution is -0.384. The van der Waals surface area contributed by atoms with Crippen molar-refractivity contribution in [1.82, 2.24) is 0 Å². The van der Waals surface area contributed by atoms with Crippen LogP contribution in [0.2, 0.25) is 0 Å². The van der Waals surface area contributed by atoms with Crippen molar-refractivity contribution in [2.45, 2.75) is 0 Å². The zero-order valence-corrected chi connectivity index (χ0v) is 8.95. The first-order valence-corrected chi connectivity index (χ1v) is 4.82. The molecule has 0 aromatic heterocycles. The van der Waals surface area contributed by atoms with Crippen molar-refractivity contribution >= 4 is 27.3 Å². The van der Waals surface area contributed by atoms with Crippen molar-refractivity contribution < 1.29 is 4.92 Å². The molecule has 0 aliphatic heterocycles. The minimum absolute atomic E-state index is 0.0489. The van der Waals surface area contributed by atoms with E-state index in [1.807, 2.05) is 0 Å². The molecule has 0 bridgehead atoms. The number of hydrogen-bond donors (Lipinski definition) is 2. The average molecular weight is 260 g/mol. The maximum Gasteiger partial charge on any atom is 0.293 e. The quantitative estimate of drug-likeness (QED) is 0.638. The number of nitro groups is 1. The molecule has 1 aromatic rings. The maximum atomic E-state index is 10.7. The Labute approximate surface area is 89.6 Å². The molecule has 0 saturated heterocycles. The summed E-state index contributed by atoms with van der Waals surface area (Å²) in [6, 6.07) is 4.85. The minimum Gasteiger partial charge on any atom is -0.378 e. The number of nitrogens with zero attached hydrogens (tertiary/aromatic N) is 1. The molecular weight excluding hydrogens is 250 g/mol. The molecule has 0 aliphatic rings. The highest BCUT2D eigenvalue weighted by atomic mass is 79.9. The zero-order valence-electron chi connectivity index (χ0n) is 7.37. The van der Waals surface area contributed by atoms with E-state index in [1.54, 1.807) is 12.1 Å². The van der Waals surface area contributed by atoms with E-state index in [1.165, 1.54) is 6.07 Å². The second-order valence-electron chi connectivity index (χ2n) is 2.63. The molecule has 0 atom stereocenters. The molecule has 0 aliphatic carbocycles. The van der Waals surface area contributed by atoms with Crippen LogP contribution in [-0.4, -0.2) is 18.0 Å². The summed E-state index contributed by atoms with van der Waals surface area (Å²) in [7, 11) is 0. The van der Waals surface area contributed by atoms with Gasteiger partial charge in [0.1, 0.15) is 5.69 Å². The smallest absolute Gasteiger partial charge is 0.293 e. The third-order valence-corrected chi connectivity index (χ3v) is 2.11. The van der Waals surface area contributed by atoms with E-state index in [2.05, 4.69) is 21.2 Å². The lowest BCUT2D eigenvalue weighted by atomic mass is 10.2. The summed E-state index contributed by atoms with van der Waals surface area (Å²) in [5.74, 6) is 0. The second kappa shape index (κ2) is 4.92. The average Bonchev–Trinajstić information content (AvgIpc) is 2.15. The van der Waals surface area contributed by atoms with Crippen LogP contribution in [0.25, 0.3) is 0 Å². The molecular formula is C8H10BrN3O2. The topological polar surface area (TPSA) is 81.2 Å². The van der Waals surface area contributed by atoms with Crippen molar-refractivity contribution in [3.63, 3.8) is 0 Å². The van der Waals surface area contributed by atoms with Gasteiger partial charge in [-0.2, -0.15) is 0 Å². The lowest BCUT2D eigenvalue weighted by Crippen LogP contribution is -2.13. The number of benzene rings is 1. The Bertz CT molecular complexity index is 343. The van der Waals surface area contributed by atoms with Gasteiger partial charge in [0.05, 0.1) is 4.92 Å². The van der Waals surface area contributed by atoms with Crippen molar-refractivity contribution in [1.29, 1.82) is 0 Å². The standard InChI is InChI=1S/C8H10BrN3O2/c9-6-1-2-7(11-4-3-10)8(5-6)12(13)14/h1-2,5,11H,3-4,10H2. The Morgan fingerprint density at radius 2 is 2.29 bits per heavy atom. The highest BCUT2D eigenvalue weighted by molar-refractivity contribution is 9.10. The molecule has 1 rings (SSSR count).